The molecule has 0 N–H and O–H groups in total. The predicted molar refractivity (Wildman–Crippen MR) is 113 cm³/mol. The molecule has 1 fully saturated rings. The quantitative estimate of drug-likeness (QED) is 0.435. The number of hydrogen-bond acceptors (Lipinski definition) is 8. The zero-order valence-corrected chi connectivity index (χ0v) is 18.0. The monoisotopic (exact) mass is 450 g/mol. The van der Waals surface area contributed by atoms with E-state index in [0.717, 1.165) is 16.3 Å². The summed E-state index contributed by atoms with van der Waals surface area (Å²) in [5.41, 5.74) is 0.598. The molecule has 2 aromatic carbocycles. The third kappa shape index (κ3) is 4.14. The third-order valence-electron chi connectivity index (χ3n) is 4.70. The molecule has 2 heterocycles. The van der Waals surface area contributed by atoms with E-state index in [9.17, 15) is 18.5 Å². The lowest BCUT2D eigenvalue weighted by atomic mass is 10.3. The van der Waals surface area contributed by atoms with Gasteiger partial charge in [0.2, 0.25) is 10.0 Å². The molecule has 152 valence electrons. The fourth-order valence-electron chi connectivity index (χ4n) is 3.05. The van der Waals surface area contributed by atoms with E-state index < -0.39 is 14.9 Å². The first-order valence-electron chi connectivity index (χ1n) is 8.85. The summed E-state index contributed by atoms with van der Waals surface area (Å²) >= 11 is 2.62. The van der Waals surface area contributed by atoms with Gasteiger partial charge < -0.3 is 4.90 Å². The molecule has 0 amide bonds. The highest BCUT2D eigenvalue weighted by atomic mass is 32.2. The summed E-state index contributed by atoms with van der Waals surface area (Å²) in [4.78, 5) is 17.9. The number of aromatic nitrogens is 1. The Kier molecular flexibility index (Phi) is 5.58. The van der Waals surface area contributed by atoms with Crippen LogP contribution in [0.5, 0.6) is 0 Å². The molecule has 1 aromatic heterocycles. The first kappa shape index (κ1) is 20.2. The van der Waals surface area contributed by atoms with Crippen molar-refractivity contribution >= 4 is 49.0 Å². The maximum absolute atomic E-state index is 12.9. The van der Waals surface area contributed by atoms with Crippen LogP contribution in [-0.4, -0.2) is 60.8 Å². The van der Waals surface area contributed by atoms with Gasteiger partial charge in [0.25, 0.3) is 5.69 Å². The fraction of sp³-hybridized carbons (Fsp3) is 0.278. The molecule has 0 spiro atoms. The van der Waals surface area contributed by atoms with Crippen molar-refractivity contribution in [3.05, 3.63) is 52.6 Å². The molecule has 3 aromatic rings. The molecule has 0 radical (unpaired) electrons. The molecular weight excluding hydrogens is 432 g/mol. The average Bonchev–Trinajstić information content (AvgIpc) is 3.10. The minimum Gasteiger partial charge on any atom is -0.304 e. The smallest absolute Gasteiger partial charge is 0.284 e. The van der Waals surface area contributed by atoms with E-state index in [1.54, 1.807) is 0 Å². The third-order valence-corrected chi connectivity index (χ3v) is 8.76. The molecule has 11 heteroatoms. The van der Waals surface area contributed by atoms with Gasteiger partial charge in [-0.15, -0.1) is 11.3 Å². The van der Waals surface area contributed by atoms with E-state index in [1.165, 1.54) is 39.5 Å². The summed E-state index contributed by atoms with van der Waals surface area (Å²) in [6, 6.07) is 11.7. The number of para-hydroxylation sites is 1. The van der Waals surface area contributed by atoms with Crippen molar-refractivity contribution in [2.24, 2.45) is 0 Å². The number of thiazole rings is 1. The van der Waals surface area contributed by atoms with Crippen LogP contribution in [0.2, 0.25) is 0 Å². The van der Waals surface area contributed by atoms with Crippen molar-refractivity contribution in [1.29, 1.82) is 0 Å². The Labute approximate surface area is 176 Å². The Balaban J connectivity index is 1.65. The number of nitro benzene ring substituents is 1. The van der Waals surface area contributed by atoms with Gasteiger partial charge in [0.05, 0.1) is 24.9 Å². The van der Waals surface area contributed by atoms with Crippen molar-refractivity contribution in [1.82, 2.24) is 14.2 Å². The van der Waals surface area contributed by atoms with Crippen molar-refractivity contribution in [3.63, 3.8) is 0 Å². The van der Waals surface area contributed by atoms with Crippen LogP contribution < -0.4 is 0 Å². The van der Waals surface area contributed by atoms with E-state index in [4.69, 9.17) is 0 Å². The van der Waals surface area contributed by atoms with Crippen molar-refractivity contribution in [3.8, 4) is 0 Å². The van der Waals surface area contributed by atoms with Crippen molar-refractivity contribution < 1.29 is 13.3 Å². The van der Waals surface area contributed by atoms with Gasteiger partial charge >= 0.3 is 0 Å². The fourth-order valence-corrected chi connectivity index (χ4v) is 6.60. The van der Waals surface area contributed by atoms with Crippen LogP contribution in [0.3, 0.4) is 0 Å². The van der Waals surface area contributed by atoms with Gasteiger partial charge in [-0.2, -0.15) is 4.31 Å². The number of likely N-dealkylation sites (N-methyl/N-ethyl adjacent to an activating group) is 1. The predicted octanol–water partition coefficient (Wildman–Crippen LogP) is 3.29. The number of sulfonamides is 1. The van der Waals surface area contributed by atoms with Crippen LogP contribution in [0.25, 0.3) is 10.2 Å². The van der Waals surface area contributed by atoms with Crippen molar-refractivity contribution in [2.45, 2.75) is 14.1 Å². The minimum absolute atomic E-state index is 0.0533. The zero-order chi connectivity index (χ0) is 20.6. The molecule has 0 bridgehead atoms. The molecule has 4 rings (SSSR count). The molecule has 0 atom stereocenters. The molecule has 0 aliphatic carbocycles. The molecule has 1 aliphatic rings. The van der Waals surface area contributed by atoms with E-state index in [0.29, 0.717) is 35.4 Å². The number of benzene rings is 2. The van der Waals surface area contributed by atoms with E-state index in [1.807, 2.05) is 36.2 Å². The Hall–Kier alpha value is -2.05. The lowest BCUT2D eigenvalue weighted by Crippen LogP contribution is -2.47. The Morgan fingerprint density at radius 2 is 1.86 bits per heavy atom. The lowest BCUT2D eigenvalue weighted by molar-refractivity contribution is -0.388. The maximum Gasteiger partial charge on any atom is 0.284 e. The molecule has 29 heavy (non-hydrogen) atoms. The van der Waals surface area contributed by atoms with E-state index >= 15 is 0 Å². The second-order valence-electron chi connectivity index (χ2n) is 6.64. The number of nitro groups is 1. The van der Waals surface area contributed by atoms with Gasteiger partial charge in [-0.1, -0.05) is 23.9 Å². The highest BCUT2D eigenvalue weighted by Crippen LogP contribution is 2.39. The van der Waals surface area contributed by atoms with E-state index in [-0.39, 0.29) is 10.6 Å². The van der Waals surface area contributed by atoms with Crippen LogP contribution in [0.1, 0.15) is 0 Å². The Morgan fingerprint density at radius 1 is 1.14 bits per heavy atom. The summed E-state index contributed by atoms with van der Waals surface area (Å²) in [5.74, 6) is 0. The summed E-state index contributed by atoms with van der Waals surface area (Å²) in [7, 11) is -1.84. The topological polar surface area (TPSA) is 96.7 Å². The van der Waals surface area contributed by atoms with Gasteiger partial charge in [0.1, 0.15) is 0 Å². The average molecular weight is 451 g/mol. The highest BCUT2D eigenvalue weighted by molar-refractivity contribution is 8.01. The SMILES string of the molecule is CN1CCN(S(=O)(=O)c2ccc(Sc3nc4ccccc4s3)c([N+](=O)[O-])c2)CC1. The lowest BCUT2D eigenvalue weighted by Gasteiger charge is -2.31. The van der Waals surface area contributed by atoms with Crippen LogP contribution in [-0.2, 0) is 10.0 Å². The number of piperazine rings is 1. The first-order chi connectivity index (χ1) is 13.8. The summed E-state index contributed by atoms with van der Waals surface area (Å²) in [6.07, 6.45) is 0. The van der Waals surface area contributed by atoms with Gasteiger partial charge in [-0.3, -0.25) is 10.1 Å². The molecule has 0 unspecified atom stereocenters. The van der Waals surface area contributed by atoms with Crippen LogP contribution in [0.4, 0.5) is 5.69 Å². The molecule has 1 saturated heterocycles. The van der Waals surface area contributed by atoms with Gasteiger partial charge in [-0.25, -0.2) is 13.4 Å². The standard InChI is InChI=1S/C18H18N4O4S3/c1-20-8-10-21(11-9-20)29(25,26)13-6-7-17(15(12-13)22(23)24)28-18-19-14-4-2-3-5-16(14)27-18/h2-7,12H,8-11H2,1H3. The molecule has 1 aliphatic heterocycles. The van der Waals surface area contributed by atoms with Gasteiger partial charge in [-0.05, 0) is 31.3 Å². The number of hydrogen-bond donors (Lipinski definition) is 0. The number of rotatable bonds is 5. The number of nitrogens with zero attached hydrogens (tertiary/aromatic N) is 4. The minimum atomic E-state index is -3.77. The van der Waals surface area contributed by atoms with E-state index in [2.05, 4.69) is 4.98 Å². The number of fused-ring (bicyclic) bond motifs is 1. The Bertz CT molecular complexity index is 1140. The largest absolute Gasteiger partial charge is 0.304 e. The maximum atomic E-state index is 12.9. The summed E-state index contributed by atoms with van der Waals surface area (Å²) < 4.78 is 28.9. The highest BCUT2D eigenvalue weighted by Gasteiger charge is 2.30. The van der Waals surface area contributed by atoms with Gasteiger partial charge in [0, 0.05) is 32.2 Å². The second-order valence-corrected chi connectivity index (χ2v) is 10.9. The van der Waals surface area contributed by atoms with Crippen LogP contribution in [0, 0.1) is 10.1 Å². The van der Waals surface area contributed by atoms with Crippen molar-refractivity contribution in [2.75, 3.05) is 33.2 Å². The second kappa shape index (κ2) is 8.00. The Morgan fingerprint density at radius 3 is 2.55 bits per heavy atom. The molecular formula is C18H18N4O4S3. The molecule has 8 nitrogen and oxygen atoms in total. The molecule has 0 saturated carbocycles. The zero-order valence-electron chi connectivity index (χ0n) is 15.5. The van der Waals surface area contributed by atoms with Crippen LogP contribution >= 0.6 is 23.1 Å². The van der Waals surface area contributed by atoms with Crippen LogP contribution in [0.15, 0.2) is 56.6 Å². The normalized spacial score (nSPS) is 16.3. The summed E-state index contributed by atoms with van der Waals surface area (Å²) in [5, 5.41) is 11.6. The first-order valence-corrected chi connectivity index (χ1v) is 11.9. The van der Waals surface area contributed by atoms with Gasteiger partial charge in [0.15, 0.2) is 4.34 Å². The summed E-state index contributed by atoms with van der Waals surface area (Å²) in [6.45, 7) is 2.00.